The third-order valence-electron chi connectivity index (χ3n) is 6.49. The molecule has 2 amide bonds. The molecule has 6 nitrogen and oxygen atoms in total. The SMILES string of the molecule is O=C1C(c2ccc3cccc(N4C(=O)c5c(Br)c(Br)c(Br)c(Br)c5C4=O)c3n2)=C(O)c2c(Br)c(Br)c(Br)c(Br)c21. The van der Waals surface area contributed by atoms with Crippen LogP contribution in [0.3, 0.4) is 0 Å². The van der Waals surface area contributed by atoms with Gasteiger partial charge in [0.1, 0.15) is 5.76 Å². The number of hydrogen-bond donors (Lipinski definition) is 1. The van der Waals surface area contributed by atoms with Crippen LogP contribution in [-0.2, 0) is 0 Å². The number of benzene rings is 3. The largest absolute Gasteiger partial charge is 0.506 e. The quantitative estimate of drug-likeness (QED) is 0.123. The zero-order valence-corrected chi connectivity index (χ0v) is 31.7. The van der Waals surface area contributed by atoms with Crippen molar-refractivity contribution >= 4 is 173 Å². The normalized spacial score (nSPS) is 14.6. The van der Waals surface area contributed by atoms with Gasteiger partial charge in [-0.15, -0.1) is 0 Å². The number of anilines is 1. The maximum absolute atomic E-state index is 13.7. The Morgan fingerprint density at radius 2 is 1.10 bits per heavy atom. The first-order chi connectivity index (χ1) is 18.9. The summed E-state index contributed by atoms with van der Waals surface area (Å²) in [5.41, 5.74) is 1.74. The maximum atomic E-state index is 13.7. The average Bonchev–Trinajstić information content (AvgIpc) is 3.35. The molecule has 1 aliphatic heterocycles. The Labute approximate surface area is 293 Å². The molecule has 0 saturated carbocycles. The van der Waals surface area contributed by atoms with Gasteiger partial charge in [0.25, 0.3) is 11.8 Å². The molecule has 1 N–H and O–H groups in total. The van der Waals surface area contributed by atoms with Crippen molar-refractivity contribution in [2.45, 2.75) is 0 Å². The van der Waals surface area contributed by atoms with E-state index in [0.29, 0.717) is 52.2 Å². The van der Waals surface area contributed by atoms with Crippen LogP contribution in [0.4, 0.5) is 5.69 Å². The number of para-hydroxylation sites is 1. The van der Waals surface area contributed by atoms with Crippen molar-refractivity contribution < 1.29 is 19.5 Å². The highest BCUT2D eigenvalue weighted by Crippen LogP contribution is 2.50. The lowest BCUT2D eigenvalue weighted by atomic mass is 10.0. The number of Topliss-reactive ketones (excluding diaryl/α,β-unsaturated/α-hetero) is 1. The first kappa shape index (κ1) is 29.3. The van der Waals surface area contributed by atoms with Gasteiger partial charge in [-0.3, -0.25) is 14.4 Å². The molecule has 2 heterocycles. The number of allylic oxidation sites excluding steroid dienone is 1. The third-order valence-corrected chi connectivity index (χ3v) is 16.0. The summed E-state index contributed by atoms with van der Waals surface area (Å²) in [4.78, 5) is 46.8. The zero-order valence-electron chi connectivity index (χ0n) is 19.0. The molecule has 0 radical (unpaired) electrons. The predicted molar refractivity (Wildman–Crippen MR) is 181 cm³/mol. The monoisotopic (exact) mass is 1040 g/mol. The van der Waals surface area contributed by atoms with E-state index < -0.39 is 17.6 Å². The molecule has 200 valence electrons. The number of halogens is 8. The van der Waals surface area contributed by atoms with E-state index in [2.05, 4.69) is 127 Å². The molecule has 4 aromatic rings. The number of carbonyl (C=O) groups is 3. The number of hydrogen-bond acceptors (Lipinski definition) is 5. The van der Waals surface area contributed by atoms with E-state index in [1.165, 1.54) is 0 Å². The highest BCUT2D eigenvalue weighted by Gasteiger charge is 2.43. The number of rotatable bonds is 2. The smallest absolute Gasteiger partial charge is 0.267 e. The molecule has 0 bridgehead atoms. The third kappa shape index (κ3) is 4.03. The lowest BCUT2D eigenvalue weighted by Gasteiger charge is -2.16. The van der Waals surface area contributed by atoms with Crippen LogP contribution in [0.1, 0.15) is 42.3 Å². The summed E-state index contributed by atoms with van der Waals surface area (Å²) in [6, 6.07) is 8.47. The lowest BCUT2D eigenvalue weighted by Crippen LogP contribution is -2.29. The number of pyridine rings is 1. The van der Waals surface area contributed by atoms with Crippen LogP contribution in [0.2, 0.25) is 0 Å². The Bertz CT molecular complexity index is 1920. The Hall–Kier alpha value is -0.740. The molecule has 2 aliphatic rings. The van der Waals surface area contributed by atoms with E-state index >= 15 is 0 Å². The van der Waals surface area contributed by atoms with E-state index in [0.717, 1.165) is 4.90 Å². The van der Waals surface area contributed by atoms with Crippen molar-refractivity contribution in [2.75, 3.05) is 4.90 Å². The van der Waals surface area contributed by atoms with Crippen molar-refractivity contribution in [3.05, 3.63) is 94.1 Å². The van der Waals surface area contributed by atoms with Crippen LogP contribution in [-0.4, -0.2) is 27.7 Å². The second kappa shape index (κ2) is 10.5. The number of fused-ring (bicyclic) bond motifs is 3. The molecule has 1 aliphatic carbocycles. The summed E-state index contributed by atoms with van der Waals surface area (Å²) in [5, 5.41) is 11.9. The summed E-state index contributed by atoms with van der Waals surface area (Å²) >= 11 is 27.6. The summed E-state index contributed by atoms with van der Waals surface area (Å²) in [6.07, 6.45) is 0. The second-order valence-electron chi connectivity index (χ2n) is 8.56. The standard InChI is InChI=1S/C26H6Br8N2O4/c27-14-10-11(15(28)19(32)18(14)31)24(38)9(23(10)37)7-5-4-6-2-1-3-8(22(6)35-7)36-25(39)12-13(26(36)40)17(30)21(34)20(33)16(12)29/h1-5,37H. The van der Waals surface area contributed by atoms with Crippen LogP contribution in [0, 0.1) is 0 Å². The first-order valence-corrected chi connectivity index (χ1v) is 17.2. The van der Waals surface area contributed by atoms with Crippen molar-refractivity contribution in [1.29, 1.82) is 0 Å². The van der Waals surface area contributed by atoms with Crippen LogP contribution < -0.4 is 4.90 Å². The van der Waals surface area contributed by atoms with Gasteiger partial charge in [0.05, 0.1) is 39.2 Å². The van der Waals surface area contributed by atoms with Gasteiger partial charge in [0.15, 0.2) is 0 Å². The number of imide groups is 1. The molecular formula is C26H6Br8N2O4. The van der Waals surface area contributed by atoms with Gasteiger partial charge in [-0.05, 0) is 140 Å². The summed E-state index contributed by atoms with van der Waals surface area (Å²) in [5.74, 6) is -1.74. The minimum Gasteiger partial charge on any atom is -0.506 e. The van der Waals surface area contributed by atoms with Gasteiger partial charge in [0.2, 0.25) is 5.78 Å². The minimum atomic E-state index is -0.533. The Morgan fingerprint density at radius 1 is 0.600 bits per heavy atom. The second-order valence-corrected chi connectivity index (χ2v) is 14.9. The molecule has 1 aromatic heterocycles. The van der Waals surface area contributed by atoms with E-state index in [9.17, 15) is 19.5 Å². The van der Waals surface area contributed by atoms with E-state index in [1.807, 2.05) is 0 Å². The van der Waals surface area contributed by atoms with Gasteiger partial charge in [-0.2, -0.15) is 0 Å². The maximum Gasteiger partial charge on any atom is 0.267 e. The molecule has 0 atom stereocenters. The van der Waals surface area contributed by atoms with Crippen molar-refractivity contribution in [3.8, 4) is 0 Å². The molecular weight excluding hydrogens is 1040 g/mol. The molecule has 0 unspecified atom stereocenters. The minimum absolute atomic E-state index is 0.00110. The number of amides is 2. The number of nitrogens with zero attached hydrogens (tertiary/aromatic N) is 2. The van der Waals surface area contributed by atoms with Crippen molar-refractivity contribution in [3.63, 3.8) is 0 Å². The van der Waals surface area contributed by atoms with Gasteiger partial charge in [-0.1, -0.05) is 18.2 Å². The molecule has 6 rings (SSSR count). The summed E-state index contributed by atoms with van der Waals surface area (Å²) < 4.78 is 4.23. The fourth-order valence-electron chi connectivity index (χ4n) is 4.68. The van der Waals surface area contributed by atoms with Gasteiger partial charge >= 0.3 is 0 Å². The van der Waals surface area contributed by atoms with Crippen molar-refractivity contribution in [2.24, 2.45) is 0 Å². The summed E-state index contributed by atoms with van der Waals surface area (Å²) in [6.45, 7) is 0. The average molecular weight is 1050 g/mol. The molecule has 40 heavy (non-hydrogen) atoms. The number of aliphatic hydroxyl groups is 1. The number of aromatic nitrogens is 1. The van der Waals surface area contributed by atoms with Crippen LogP contribution in [0.25, 0.3) is 22.2 Å². The number of ketones is 1. The fourth-order valence-corrected chi connectivity index (χ4v) is 9.62. The van der Waals surface area contributed by atoms with Gasteiger partial charge in [-0.25, -0.2) is 9.88 Å². The summed E-state index contributed by atoms with van der Waals surface area (Å²) in [7, 11) is 0. The van der Waals surface area contributed by atoms with Crippen LogP contribution in [0.5, 0.6) is 0 Å². The Kier molecular flexibility index (Phi) is 7.67. The zero-order chi connectivity index (χ0) is 28.9. The van der Waals surface area contributed by atoms with Crippen LogP contribution in [0.15, 0.2) is 66.1 Å². The molecule has 0 saturated heterocycles. The number of aliphatic hydroxyl groups excluding tert-OH is 1. The fraction of sp³-hybridized carbons (Fsp3) is 0. The predicted octanol–water partition coefficient (Wildman–Crippen LogP) is 10.8. The van der Waals surface area contributed by atoms with Gasteiger partial charge < -0.3 is 5.11 Å². The van der Waals surface area contributed by atoms with E-state index in [4.69, 9.17) is 4.98 Å². The number of carbonyl (C=O) groups excluding carboxylic acids is 3. The van der Waals surface area contributed by atoms with Crippen LogP contribution >= 0.6 is 127 Å². The van der Waals surface area contributed by atoms with Crippen molar-refractivity contribution in [1.82, 2.24) is 4.98 Å². The Balaban J connectivity index is 1.55. The topological polar surface area (TPSA) is 87.6 Å². The Morgan fingerprint density at radius 3 is 1.65 bits per heavy atom. The molecule has 0 spiro atoms. The highest BCUT2D eigenvalue weighted by atomic mass is 79.9. The van der Waals surface area contributed by atoms with Gasteiger partial charge in [0, 0.05) is 46.7 Å². The van der Waals surface area contributed by atoms with E-state index in [-0.39, 0.29) is 39.4 Å². The lowest BCUT2D eigenvalue weighted by molar-refractivity contribution is 0.0925. The molecule has 0 fully saturated rings. The first-order valence-electron chi connectivity index (χ1n) is 10.9. The highest BCUT2D eigenvalue weighted by molar-refractivity contribution is 9.15. The molecule has 14 heteroatoms. The molecule has 3 aromatic carbocycles. The van der Waals surface area contributed by atoms with E-state index in [1.54, 1.807) is 30.3 Å².